The number of aryl methyl sites for hydroxylation is 2. The number of carbonyl (C=O) groups excluding carboxylic acids is 5. The van der Waals surface area contributed by atoms with Crippen LogP contribution in [0.2, 0.25) is 0 Å². The topological polar surface area (TPSA) is 172 Å². The first-order valence-electron chi connectivity index (χ1n) is 15.5. The molecule has 0 saturated carbocycles. The number of rotatable bonds is 15. The normalized spacial score (nSPS) is 12.4. The van der Waals surface area contributed by atoms with Crippen LogP contribution >= 0.6 is 0 Å². The fourth-order valence-corrected chi connectivity index (χ4v) is 4.48. The molecular formula is C38H35NO11. The standard InChI is InChI=1S/C38H35NO11/c1-24-13-17-28(18-14-24)36(44)49-32(33(35(42)43)50-37(45)29-19-15-25(2)16-20-29)34(41)39-30(38(46)48-23-27-11-7-4-8-12-27)21-31(40)47-22-26-9-5-3-6-10-26/h3-20,30,32-33H,21-23H2,1-2H3,(H,39,41)(H,42,43)/t30?,32?,33-/m0/s1. The molecule has 3 atom stereocenters. The SMILES string of the molecule is Cc1ccc(C(=O)OC(C(=O)NC(CC(=O)OCc2ccccc2)C(=O)OCc2ccccc2)[C@H](OC(=O)c2ccc(C)cc2)C(=O)O)cc1. The second-order valence-corrected chi connectivity index (χ2v) is 11.2. The maximum atomic E-state index is 13.8. The van der Waals surface area contributed by atoms with Gasteiger partial charge in [0.05, 0.1) is 17.5 Å². The number of carbonyl (C=O) groups is 6. The lowest BCUT2D eigenvalue weighted by Crippen LogP contribution is -2.54. The molecule has 0 heterocycles. The number of ether oxygens (including phenoxy) is 4. The van der Waals surface area contributed by atoms with Crippen molar-refractivity contribution < 1.29 is 52.8 Å². The molecule has 0 aliphatic rings. The average Bonchev–Trinajstić information content (AvgIpc) is 3.12. The van der Waals surface area contributed by atoms with Crippen LogP contribution in [0.5, 0.6) is 0 Å². The van der Waals surface area contributed by atoms with E-state index in [1.54, 1.807) is 98.8 Å². The minimum Gasteiger partial charge on any atom is -0.478 e. The van der Waals surface area contributed by atoms with Gasteiger partial charge in [-0.25, -0.2) is 19.2 Å². The van der Waals surface area contributed by atoms with Gasteiger partial charge in [0, 0.05) is 0 Å². The summed E-state index contributed by atoms with van der Waals surface area (Å²) in [6.07, 6.45) is -5.42. The van der Waals surface area contributed by atoms with Gasteiger partial charge < -0.3 is 29.4 Å². The summed E-state index contributed by atoms with van der Waals surface area (Å²) < 4.78 is 21.2. The van der Waals surface area contributed by atoms with Gasteiger partial charge in [-0.05, 0) is 49.2 Å². The molecule has 2 N–H and O–H groups in total. The van der Waals surface area contributed by atoms with Crippen LogP contribution in [0.25, 0.3) is 0 Å². The summed E-state index contributed by atoms with van der Waals surface area (Å²) in [5.74, 6) is -7.38. The Labute approximate surface area is 287 Å². The summed E-state index contributed by atoms with van der Waals surface area (Å²) in [5.41, 5.74) is 2.82. The van der Waals surface area contributed by atoms with Crippen molar-refractivity contribution in [1.29, 1.82) is 0 Å². The monoisotopic (exact) mass is 681 g/mol. The minimum atomic E-state index is -2.37. The minimum absolute atomic E-state index is 0.0330. The molecular weight excluding hydrogens is 646 g/mol. The molecule has 4 aromatic rings. The third-order valence-corrected chi connectivity index (χ3v) is 7.26. The number of carboxylic acids is 1. The van der Waals surface area contributed by atoms with Gasteiger partial charge in [0.1, 0.15) is 19.3 Å². The molecule has 258 valence electrons. The van der Waals surface area contributed by atoms with E-state index in [9.17, 15) is 33.9 Å². The van der Waals surface area contributed by atoms with Crippen molar-refractivity contribution in [1.82, 2.24) is 5.32 Å². The zero-order valence-electron chi connectivity index (χ0n) is 27.3. The largest absolute Gasteiger partial charge is 0.478 e. The molecule has 12 nitrogen and oxygen atoms in total. The van der Waals surface area contributed by atoms with Crippen molar-refractivity contribution in [2.45, 2.75) is 51.7 Å². The van der Waals surface area contributed by atoms with Crippen molar-refractivity contribution >= 4 is 35.8 Å². The fourth-order valence-electron chi connectivity index (χ4n) is 4.48. The lowest BCUT2D eigenvalue weighted by molar-refractivity contribution is -0.161. The molecule has 12 heteroatoms. The van der Waals surface area contributed by atoms with Gasteiger partial charge in [-0.15, -0.1) is 0 Å². The second kappa shape index (κ2) is 17.7. The number of aliphatic carboxylic acids is 1. The Morgan fingerprint density at radius 3 is 1.50 bits per heavy atom. The van der Waals surface area contributed by atoms with Gasteiger partial charge >= 0.3 is 29.8 Å². The Hall–Kier alpha value is -6.30. The van der Waals surface area contributed by atoms with E-state index in [4.69, 9.17) is 18.9 Å². The Morgan fingerprint density at radius 1 is 0.600 bits per heavy atom. The van der Waals surface area contributed by atoms with Crippen molar-refractivity contribution in [2.75, 3.05) is 0 Å². The van der Waals surface area contributed by atoms with Crippen LogP contribution in [-0.2, 0) is 51.3 Å². The first-order chi connectivity index (χ1) is 24.0. The number of nitrogens with one attached hydrogen (secondary N) is 1. The van der Waals surface area contributed by atoms with Gasteiger partial charge in [0.15, 0.2) is 0 Å². The van der Waals surface area contributed by atoms with E-state index in [1.807, 2.05) is 0 Å². The predicted octanol–water partition coefficient (Wildman–Crippen LogP) is 4.50. The highest BCUT2D eigenvalue weighted by molar-refractivity contribution is 5.98. The number of esters is 4. The summed E-state index contributed by atoms with van der Waals surface area (Å²) in [4.78, 5) is 78.6. The fraction of sp³-hybridized carbons (Fsp3) is 0.211. The van der Waals surface area contributed by atoms with Crippen molar-refractivity contribution in [2.24, 2.45) is 0 Å². The molecule has 1 amide bonds. The van der Waals surface area contributed by atoms with Crippen LogP contribution in [0, 0.1) is 13.8 Å². The van der Waals surface area contributed by atoms with Crippen LogP contribution < -0.4 is 5.32 Å². The molecule has 4 rings (SSSR count). The van der Waals surface area contributed by atoms with E-state index in [0.29, 0.717) is 11.1 Å². The van der Waals surface area contributed by atoms with Crippen LogP contribution in [-0.4, -0.2) is 59.1 Å². The summed E-state index contributed by atoms with van der Waals surface area (Å²) in [7, 11) is 0. The number of hydrogen-bond donors (Lipinski definition) is 2. The van der Waals surface area contributed by atoms with Crippen molar-refractivity contribution in [3.8, 4) is 0 Å². The van der Waals surface area contributed by atoms with Crippen LogP contribution in [0.3, 0.4) is 0 Å². The molecule has 0 aliphatic heterocycles. The van der Waals surface area contributed by atoms with E-state index in [-0.39, 0.29) is 24.3 Å². The summed E-state index contributed by atoms with van der Waals surface area (Å²) in [5, 5.41) is 12.4. The molecule has 0 aliphatic carbocycles. The van der Waals surface area contributed by atoms with E-state index in [1.165, 1.54) is 24.3 Å². The molecule has 50 heavy (non-hydrogen) atoms. The Morgan fingerprint density at radius 2 is 1.04 bits per heavy atom. The summed E-state index contributed by atoms with van der Waals surface area (Å²) in [6.45, 7) is 3.20. The van der Waals surface area contributed by atoms with Crippen LogP contribution in [0.4, 0.5) is 0 Å². The highest BCUT2D eigenvalue weighted by Gasteiger charge is 2.42. The number of benzene rings is 4. The molecule has 0 radical (unpaired) electrons. The number of hydrogen-bond acceptors (Lipinski definition) is 10. The van der Waals surface area contributed by atoms with Crippen LogP contribution in [0.15, 0.2) is 109 Å². The number of amides is 1. The first kappa shape index (κ1) is 36.5. The lowest BCUT2D eigenvalue weighted by atomic mass is 10.1. The summed E-state index contributed by atoms with van der Waals surface area (Å²) >= 11 is 0. The molecule has 4 aromatic carbocycles. The van der Waals surface area contributed by atoms with Gasteiger partial charge in [-0.1, -0.05) is 96.1 Å². The van der Waals surface area contributed by atoms with Crippen molar-refractivity contribution in [3.63, 3.8) is 0 Å². The molecule has 0 saturated heterocycles. The third-order valence-electron chi connectivity index (χ3n) is 7.26. The first-order valence-corrected chi connectivity index (χ1v) is 15.5. The predicted molar refractivity (Wildman–Crippen MR) is 177 cm³/mol. The highest BCUT2D eigenvalue weighted by atomic mass is 16.6. The molecule has 0 fully saturated rings. The Kier molecular flexibility index (Phi) is 13.0. The Bertz CT molecular complexity index is 1790. The van der Waals surface area contributed by atoms with Gasteiger partial charge in [-0.3, -0.25) is 9.59 Å². The van der Waals surface area contributed by atoms with E-state index in [0.717, 1.165) is 11.1 Å². The van der Waals surface area contributed by atoms with E-state index >= 15 is 0 Å². The lowest BCUT2D eigenvalue weighted by Gasteiger charge is -2.25. The highest BCUT2D eigenvalue weighted by Crippen LogP contribution is 2.16. The molecule has 0 bridgehead atoms. The maximum Gasteiger partial charge on any atom is 0.349 e. The maximum absolute atomic E-state index is 13.8. The number of carboxylic acid groups (broad SMARTS) is 1. The summed E-state index contributed by atoms with van der Waals surface area (Å²) in [6, 6.07) is 27.5. The van der Waals surface area contributed by atoms with Gasteiger partial charge in [-0.2, -0.15) is 0 Å². The van der Waals surface area contributed by atoms with Crippen molar-refractivity contribution in [3.05, 3.63) is 143 Å². The second-order valence-electron chi connectivity index (χ2n) is 11.2. The quantitative estimate of drug-likeness (QED) is 0.134. The van der Waals surface area contributed by atoms with E-state index < -0.39 is 60.4 Å². The van der Waals surface area contributed by atoms with Gasteiger partial charge in [0.25, 0.3) is 5.91 Å². The van der Waals surface area contributed by atoms with Gasteiger partial charge in [0.2, 0.25) is 12.2 Å². The average molecular weight is 682 g/mol. The smallest absolute Gasteiger partial charge is 0.349 e. The molecule has 2 unspecified atom stereocenters. The zero-order valence-corrected chi connectivity index (χ0v) is 27.3. The molecule has 0 spiro atoms. The Balaban J connectivity index is 1.60. The van der Waals surface area contributed by atoms with E-state index in [2.05, 4.69) is 5.32 Å². The molecule has 0 aromatic heterocycles. The van der Waals surface area contributed by atoms with Crippen LogP contribution in [0.1, 0.15) is 49.4 Å². The zero-order chi connectivity index (χ0) is 36.0. The third kappa shape index (κ3) is 10.9.